The third kappa shape index (κ3) is 5.72. The van der Waals surface area contributed by atoms with E-state index in [1.807, 2.05) is 6.92 Å². The predicted octanol–water partition coefficient (Wildman–Crippen LogP) is 2.77. The summed E-state index contributed by atoms with van der Waals surface area (Å²) in [6, 6.07) is 6.78. The molecule has 1 aromatic rings. The van der Waals surface area contributed by atoms with Gasteiger partial charge in [-0.1, -0.05) is 5.16 Å². The zero-order valence-corrected chi connectivity index (χ0v) is 14.6. The number of aromatic hydroxyl groups is 1. The second kappa shape index (κ2) is 8.82. The molecule has 0 spiro atoms. The minimum Gasteiger partial charge on any atom is -0.508 e. The molecular formula is C18H25NO6. The highest BCUT2D eigenvalue weighted by Gasteiger charge is 2.40. The highest BCUT2D eigenvalue weighted by atomic mass is 16.7. The van der Waals surface area contributed by atoms with Gasteiger partial charge < -0.3 is 24.5 Å². The Hall–Kier alpha value is -2.12. The van der Waals surface area contributed by atoms with Crippen molar-refractivity contribution < 1.29 is 29.3 Å². The van der Waals surface area contributed by atoms with Crippen LogP contribution in [0, 0.1) is 5.92 Å². The van der Waals surface area contributed by atoms with E-state index in [4.69, 9.17) is 19.4 Å². The number of hydrogen-bond acceptors (Lipinski definition) is 6. The van der Waals surface area contributed by atoms with Gasteiger partial charge in [0.1, 0.15) is 12.4 Å². The number of oxime groups is 1. The molecule has 7 heteroatoms. The molecule has 1 heterocycles. The van der Waals surface area contributed by atoms with Crippen LogP contribution in [0.4, 0.5) is 0 Å². The van der Waals surface area contributed by atoms with E-state index in [9.17, 15) is 9.90 Å². The number of nitrogens with zero attached hydrogens (tertiary/aromatic N) is 1. The third-order valence-electron chi connectivity index (χ3n) is 4.16. The summed E-state index contributed by atoms with van der Waals surface area (Å²) in [4.78, 5) is 16.3. The first-order valence-corrected chi connectivity index (χ1v) is 8.38. The van der Waals surface area contributed by atoms with E-state index in [2.05, 4.69) is 5.16 Å². The number of rotatable bonds is 8. The molecule has 0 amide bonds. The topological polar surface area (TPSA) is 97.6 Å². The average molecular weight is 351 g/mol. The number of aliphatic carboxylic acids is 1. The lowest BCUT2D eigenvalue weighted by molar-refractivity contribution is -0.271. The van der Waals surface area contributed by atoms with E-state index in [-0.39, 0.29) is 11.7 Å². The van der Waals surface area contributed by atoms with E-state index in [1.54, 1.807) is 24.3 Å². The number of unbranched alkanes of at least 4 members (excludes halogenated alkanes) is 1. The van der Waals surface area contributed by atoms with Gasteiger partial charge in [0.15, 0.2) is 0 Å². The molecule has 0 bridgehead atoms. The lowest BCUT2D eigenvalue weighted by Crippen LogP contribution is -2.47. The number of phenols is 1. The largest absolute Gasteiger partial charge is 0.508 e. The van der Waals surface area contributed by atoms with Crippen LogP contribution in [0.1, 0.15) is 38.7 Å². The van der Waals surface area contributed by atoms with E-state index >= 15 is 0 Å². The van der Waals surface area contributed by atoms with E-state index in [0.29, 0.717) is 19.8 Å². The molecule has 1 fully saturated rings. The number of carbonyl (C=O) groups is 1. The van der Waals surface area contributed by atoms with Crippen LogP contribution in [0.25, 0.3) is 0 Å². The summed E-state index contributed by atoms with van der Waals surface area (Å²) in [5.74, 6) is -2.19. The number of phenolic OH excluding ortho intramolecular Hbond substituents is 1. The number of carboxylic acids is 1. The normalized spacial score (nSPS) is 24.1. The lowest BCUT2D eigenvalue weighted by Gasteiger charge is -2.34. The summed E-state index contributed by atoms with van der Waals surface area (Å²) < 4.78 is 10.6. The highest BCUT2D eigenvalue weighted by molar-refractivity contribution is 5.98. The Kier molecular flexibility index (Phi) is 6.78. The zero-order valence-electron chi connectivity index (χ0n) is 14.6. The first-order valence-electron chi connectivity index (χ1n) is 8.38. The second-order valence-electron chi connectivity index (χ2n) is 6.29. The Bertz CT molecular complexity index is 590. The molecule has 0 aromatic heterocycles. The minimum absolute atomic E-state index is 0.203. The maximum absolute atomic E-state index is 11.0. The van der Waals surface area contributed by atoms with Crippen molar-refractivity contribution in [3.63, 3.8) is 0 Å². The smallest absolute Gasteiger partial charge is 0.364 e. The second-order valence-corrected chi connectivity index (χ2v) is 6.29. The molecule has 0 unspecified atom stereocenters. The van der Waals surface area contributed by atoms with Crippen LogP contribution >= 0.6 is 0 Å². The van der Waals surface area contributed by atoms with Crippen LogP contribution in [0.5, 0.6) is 5.75 Å². The Balaban J connectivity index is 1.60. The molecule has 0 radical (unpaired) electrons. The molecule has 1 saturated heterocycles. The van der Waals surface area contributed by atoms with Crippen LogP contribution in [-0.2, 0) is 19.1 Å². The van der Waals surface area contributed by atoms with Gasteiger partial charge in [0, 0.05) is 12.8 Å². The molecule has 0 atom stereocenters. The summed E-state index contributed by atoms with van der Waals surface area (Å²) in [5.41, 5.74) is 1.65. The maximum atomic E-state index is 11.0. The van der Waals surface area contributed by atoms with Crippen molar-refractivity contribution in [3.05, 3.63) is 29.8 Å². The van der Waals surface area contributed by atoms with Crippen LogP contribution in [0.2, 0.25) is 0 Å². The van der Waals surface area contributed by atoms with Gasteiger partial charge in [0.25, 0.3) is 5.79 Å². The Morgan fingerprint density at radius 3 is 2.52 bits per heavy atom. The lowest BCUT2D eigenvalue weighted by atomic mass is 10.0. The molecule has 2 rings (SSSR count). The molecule has 0 saturated carbocycles. The summed E-state index contributed by atoms with van der Waals surface area (Å²) in [7, 11) is 0. The van der Waals surface area contributed by atoms with E-state index < -0.39 is 11.8 Å². The SMILES string of the molecule is C/C(=N/OCCCCC1COC(C)(C(=O)O)OC1)c1ccc(O)cc1. The van der Waals surface area contributed by atoms with E-state index in [0.717, 1.165) is 30.5 Å². The molecule has 1 aliphatic rings. The number of ether oxygens (including phenoxy) is 2. The van der Waals surface area contributed by atoms with Crippen molar-refractivity contribution in [1.29, 1.82) is 0 Å². The molecule has 25 heavy (non-hydrogen) atoms. The Morgan fingerprint density at radius 1 is 1.28 bits per heavy atom. The summed E-state index contributed by atoms with van der Waals surface area (Å²) >= 11 is 0. The summed E-state index contributed by atoms with van der Waals surface area (Å²) in [6.45, 7) is 4.57. The maximum Gasteiger partial charge on any atom is 0.364 e. The van der Waals surface area contributed by atoms with Gasteiger partial charge in [-0.25, -0.2) is 4.79 Å². The highest BCUT2D eigenvalue weighted by Crippen LogP contribution is 2.24. The quantitative estimate of drug-likeness (QED) is 0.425. The summed E-state index contributed by atoms with van der Waals surface area (Å²) in [6.07, 6.45) is 2.66. The van der Waals surface area contributed by atoms with Gasteiger partial charge in [-0.3, -0.25) is 0 Å². The third-order valence-corrected chi connectivity index (χ3v) is 4.16. The molecule has 1 aromatic carbocycles. The van der Waals surface area contributed by atoms with Crippen LogP contribution < -0.4 is 0 Å². The molecule has 1 aliphatic heterocycles. The minimum atomic E-state index is -1.51. The van der Waals surface area contributed by atoms with Gasteiger partial charge in [-0.15, -0.1) is 0 Å². The van der Waals surface area contributed by atoms with Crippen molar-refractivity contribution in [3.8, 4) is 5.75 Å². The van der Waals surface area contributed by atoms with Gasteiger partial charge in [0.05, 0.1) is 18.9 Å². The van der Waals surface area contributed by atoms with Crippen molar-refractivity contribution in [2.24, 2.45) is 11.1 Å². The van der Waals surface area contributed by atoms with Crippen LogP contribution in [0.3, 0.4) is 0 Å². The molecule has 7 nitrogen and oxygen atoms in total. The number of hydrogen-bond donors (Lipinski definition) is 2. The monoisotopic (exact) mass is 351 g/mol. The fourth-order valence-electron chi connectivity index (χ4n) is 2.43. The Labute approximate surface area is 147 Å². The molecular weight excluding hydrogens is 326 g/mol. The van der Waals surface area contributed by atoms with Crippen molar-refractivity contribution in [2.75, 3.05) is 19.8 Å². The summed E-state index contributed by atoms with van der Waals surface area (Å²) in [5, 5.41) is 22.3. The van der Waals surface area contributed by atoms with Crippen LogP contribution in [0.15, 0.2) is 29.4 Å². The number of carboxylic acid groups (broad SMARTS) is 1. The molecule has 0 aliphatic carbocycles. The zero-order chi connectivity index (χ0) is 18.3. The predicted molar refractivity (Wildman–Crippen MR) is 91.6 cm³/mol. The number of benzene rings is 1. The van der Waals surface area contributed by atoms with Crippen molar-refractivity contribution in [1.82, 2.24) is 0 Å². The van der Waals surface area contributed by atoms with Crippen molar-refractivity contribution >= 4 is 11.7 Å². The van der Waals surface area contributed by atoms with Crippen molar-refractivity contribution in [2.45, 2.75) is 38.9 Å². The van der Waals surface area contributed by atoms with Gasteiger partial charge in [-0.2, -0.15) is 0 Å². The van der Waals surface area contributed by atoms with E-state index in [1.165, 1.54) is 6.92 Å². The molecule has 2 N–H and O–H groups in total. The fraction of sp³-hybridized carbons (Fsp3) is 0.556. The molecule has 138 valence electrons. The fourth-order valence-corrected chi connectivity index (χ4v) is 2.43. The van der Waals surface area contributed by atoms with Crippen LogP contribution in [-0.4, -0.2) is 47.5 Å². The van der Waals surface area contributed by atoms with Gasteiger partial charge >= 0.3 is 5.97 Å². The standard InChI is InChI=1S/C18H25NO6/c1-13(15-6-8-16(20)9-7-15)19-25-10-4-3-5-14-11-23-18(2,17(21)22)24-12-14/h6-9,14,20H,3-5,10-12H2,1-2H3,(H,21,22)/b19-13-. The average Bonchev–Trinajstić information content (AvgIpc) is 2.60. The van der Waals surface area contributed by atoms with Gasteiger partial charge in [0.2, 0.25) is 0 Å². The Morgan fingerprint density at radius 2 is 1.92 bits per heavy atom. The first kappa shape index (κ1) is 19.2. The first-order chi connectivity index (χ1) is 11.9. The van der Waals surface area contributed by atoms with Gasteiger partial charge in [-0.05, 0) is 56.0 Å².